The maximum atomic E-state index is 12.0. The van der Waals surface area contributed by atoms with Gasteiger partial charge in [0.25, 0.3) is 5.91 Å². The van der Waals surface area contributed by atoms with Gasteiger partial charge < -0.3 is 20.5 Å². The molecule has 0 bridgehead atoms. The van der Waals surface area contributed by atoms with E-state index in [-0.39, 0.29) is 18.4 Å². The molecule has 3 N–H and O–H groups in total. The molecule has 1 aliphatic heterocycles. The first kappa shape index (κ1) is 15.5. The molecule has 1 heterocycles. The Morgan fingerprint density at radius 2 is 1.86 bits per heavy atom. The quantitative estimate of drug-likeness (QED) is 0.770. The third-order valence-corrected chi connectivity index (χ3v) is 3.47. The fourth-order valence-electron chi connectivity index (χ4n) is 2.18. The lowest BCUT2D eigenvalue weighted by atomic mass is 9.94. The average Bonchev–Trinajstić information content (AvgIpc) is 2.46. The number of benzene rings is 1. The normalized spacial score (nSPS) is 17.0. The highest BCUT2D eigenvalue weighted by atomic mass is 16.5. The number of carbonyl (C=O) groups excluding carboxylic acids is 2. The summed E-state index contributed by atoms with van der Waals surface area (Å²) in [6.45, 7) is 2.66. The van der Waals surface area contributed by atoms with Crippen LogP contribution in [0.1, 0.15) is 30.1 Å². The standard InChI is InChI=1S/C15H20N2O4/c1-11(18)17-13-4-2-12(3-5-13)14(19)16-10-15(20)6-8-21-9-7-15/h2-5,20H,6-10H2,1H3,(H,16,19)(H,17,18). The summed E-state index contributed by atoms with van der Waals surface area (Å²) in [7, 11) is 0. The van der Waals surface area contributed by atoms with Crippen molar-refractivity contribution in [3.8, 4) is 0 Å². The molecule has 114 valence electrons. The SMILES string of the molecule is CC(=O)Nc1ccc(C(=O)NCC2(O)CCOCC2)cc1. The Balaban J connectivity index is 1.89. The van der Waals surface area contributed by atoms with E-state index in [2.05, 4.69) is 10.6 Å². The van der Waals surface area contributed by atoms with Crippen LogP contribution in [-0.4, -0.2) is 42.3 Å². The number of nitrogens with one attached hydrogen (secondary N) is 2. The van der Waals surface area contributed by atoms with Gasteiger partial charge in [-0.3, -0.25) is 9.59 Å². The van der Waals surface area contributed by atoms with Gasteiger partial charge in [0.15, 0.2) is 0 Å². The molecule has 1 aromatic carbocycles. The first-order chi connectivity index (χ1) is 9.98. The highest BCUT2D eigenvalue weighted by molar-refractivity contribution is 5.95. The summed E-state index contributed by atoms with van der Waals surface area (Å²) in [5.41, 5.74) is 0.242. The molecule has 0 aliphatic carbocycles. The summed E-state index contributed by atoms with van der Waals surface area (Å²) in [5.74, 6) is -0.404. The van der Waals surface area contributed by atoms with Crippen LogP contribution in [0, 0.1) is 0 Å². The van der Waals surface area contributed by atoms with E-state index in [1.165, 1.54) is 6.92 Å². The molecule has 0 aromatic heterocycles. The van der Waals surface area contributed by atoms with E-state index in [1.807, 2.05) is 0 Å². The van der Waals surface area contributed by atoms with Gasteiger partial charge in [0.1, 0.15) is 0 Å². The van der Waals surface area contributed by atoms with E-state index in [0.717, 1.165) is 0 Å². The predicted molar refractivity (Wildman–Crippen MR) is 78.1 cm³/mol. The van der Waals surface area contributed by atoms with Gasteiger partial charge in [0, 0.05) is 50.8 Å². The lowest BCUT2D eigenvalue weighted by molar-refractivity contribution is -0.114. The molecule has 0 atom stereocenters. The van der Waals surface area contributed by atoms with E-state index in [9.17, 15) is 14.7 Å². The molecule has 6 heteroatoms. The van der Waals surface area contributed by atoms with Crippen LogP contribution in [0.15, 0.2) is 24.3 Å². The lowest BCUT2D eigenvalue weighted by Crippen LogP contribution is -2.46. The summed E-state index contributed by atoms with van der Waals surface area (Å²) in [5, 5.41) is 15.6. The van der Waals surface area contributed by atoms with Gasteiger partial charge in [-0.1, -0.05) is 0 Å². The van der Waals surface area contributed by atoms with Crippen LogP contribution >= 0.6 is 0 Å². The van der Waals surface area contributed by atoms with E-state index in [1.54, 1.807) is 24.3 Å². The Morgan fingerprint density at radius 3 is 2.43 bits per heavy atom. The van der Waals surface area contributed by atoms with E-state index in [0.29, 0.717) is 37.3 Å². The second-order valence-electron chi connectivity index (χ2n) is 5.28. The summed E-state index contributed by atoms with van der Waals surface area (Å²) >= 11 is 0. The lowest BCUT2D eigenvalue weighted by Gasteiger charge is -2.32. The molecule has 0 spiro atoms. The molecule has 1 aromatic rings. The number of hydrogen-bond donors (Lipinski definition) is 3. The van der Waals surface area contributed by atoms with Crippen molar-refractivity contribution in [2.45, 2.75) is 25.4 Å². The van der Waals surface area contributed by atoms with Crippen LogP contribution in [0.5, 0.6) is 0 Å². The number of carbonyl (C=O) groups is 2. The minimum absolute atomic E-state index is 0.158. The fraction of sp³-hybridized carbons (Fsp3) is 0.467. The van der Waals surface area contributed by atoms with Gasteiger partial charge in [0.2, 0.25) is 5.91 Å². The fourth-order valence-corrected chi connectivity index (χ4v) is 2.18. The molecule has 21 heavy (non-hydrogen) atoms. The number of hydrogen-bond acceptors (Lipinski definition) is 4. The van der Waals surface area contributed by atoms with Gasteiger partial charge in [-0.25, -0.2) is 0 Å². The van der Waals surface area contributed by atoms with Gasteiger partial charge in [-0.05, 0) is 24.3 Å². The number of amides is 2. The van der Waals surface area contributed by atoms with Crippen molar-refractivity contribution in [3.05, 3.63) is 29.8 Å². The molecule has 2 rings (SSSR count). The third kappa shape index (κ3) is 4.54. The van der Waals surface area contributed by atoms with E-state index < -0.39 is 5.60 Å². The van der Waals surface area contributed by atoms with Crippen molar-refractivity contribution in [1.29, 1.82) is 0 Å². The number of anilines is 1. The molecule has 1 aliphatic rings. The number of aliphatic hydroxyl groups is 1. The third-order valence-electron chi connectivity index (χ3n) is 3.47. The monoisotopic (exact) mass is 292 g/mol. The Labute approximate surface area is 123 Å². The Morgan fingerprint density at radius 1 is 1.24 bits per heavy atom. The van der Waals surface area contributed by atoms with Crippen molar-refractivity contribution in [2.75, 3.05) is 25.1 Å². The van der Waals surface area contributed by atoms with Crippen LogP contribution in [0.3, 0.4) is 0 Å². The molecular weight excluding hydrogens is 272 g/mol. The van der Waals surface area contributed by atoms with Crippen molar-refractivity contribution in [3.63, 3.8) is 0 Å². The summed E-state index contributed by atoms with van der Waals surface area (Å²) in [4.78, 5) is 22.9. The summed E-state index contributed by atoms with van der Waals surface area (Å²) in [6, 6.07) is 6.60. The maximum absolute atomic E-state index is 12.0. The smallest absolute Gasteiger partial charge is 0.251 e. The van der Waals surface area contributed by atoms with Crippen molar-refractivity contribution in [2.24, 2.45) is 0 Å². The number of rotatable bonds is 4. The van der Waals surface area contributed by atoms with Crippen LogP contribution in [0.25, 0.3) is 0 Å². The minimum atomic E-state index is -0.885. The van der Waals surface area contributed by atoms with Crippen molar-refractivity contribution < 1.29 is 19.4 Å². The van der Waals surface area contributed by atoms with Gasteiger partial charge >= 0.3 is 0 Å². The summed E-state index contributed by atoms with van der Waals surface area (Å²) < 4.78 is 5.19. The molecule has 1 fully saturated rings. The topological polar surface area (TPSA) is 87.7 Å². The molecule has 0 unspecified atom stereocenters. The Kier molecular flexibility index (Phi) is 4.93. The van der Waals surface area contributed by atoms with E-state index in [4.69, 9.17) is 4.74 Å². The minimum Gasteiger partial charge on any atom is -0.388 e. The molecule has 6 nitrogen and oxygen atoms in total. The first-order valence-corrected chi connectivity index (χ1v) is 6.94. The average molecular weight is 292 g/mol. The maximum Gasteiger partial charge on any atom is 0.251 e. The molecule has 0 radical (unpaired) electrons. The second kappa shape index (κ2) is 6.69. The van der Waals surface area contributed by atoms with Gasteiger partial charge in [-0.2, -0.15) is 0 Å². The second-order valence-corrected chi connectivity index (χ2v) is 5.28. The van der Waals surface area contributed by atoms with Crippen LogP contribution in [0.2, 0.25) is 0 Å². The molecular formula is C15H20N2O4. The first-order valence-electron chi connectivity index (χ1n) is 6.94. The van der Waals surface area contributed by atoms with Crippen molar-refractivity contribution >= 4 is 17.5 Å². The highest BCUT2D eigenvalue weighted by Crippen LogP contribution is 2.19. The van der Waals surface area contributed by atoms with Crippen LogP contribution < -0.4 is 10.6 Å². The predicted octanol–water partition coefficient (Wildman–Crippen LogP) is 0.916. The molecule has 1 saturated heterocycles. The Hall–Kier alpha value is -1.92. The Bertz CT molecular complexity index is 507. The van der Waals surface area contributed by atoms with Gasteiger partial charge in [0.05, 0.1) is 5.60 Å². The van der Waals surface area contributed by atoms with Gasteiger partial charge in [-0.15, -0.1) is 0 Å². The largest absolute Gasteiger partial charge is 0.388 e. The summed E-state index contributed by atoms with van der Waals surface area (Å²) in [6.07, 6.45) is 1.05. The highest BCUT2D eigenvalue weighted by Gasteiger charge is 2.30. The molecule has 0 saturated carbocycles. The van der Waals surface area contributed by atoms with Crippen LogP contribution in [-0.2, 0) is 9.53 Å². The van der Waals surface area contributed by atoms with Crippen LogP contribution in [0.4, 0.5) is 5.69 Å². The van der Waals surface area contributed by atoms with E-state index >= 15 is 0 Å². The molecule has 2 amide bonds. The van der Waals surface area contributed by atoms with Crippen molar-refractivity contribution in [1.82, 2.24) is 5.32 Å². The number of ether oxygens (including phenoxy) is 1. The zero-order valence-corrected chi connectivity index (χ0v) is 12.0. The zero-order valence-electron chi connectivity index (χ0n) is 12.0. The zero-order chi connectivity index (χ0) is 15.3.